The smallest absolute Gasteiger partial charge is 0.257 e. The molecule has 0 saturated carbocycles. The van der Waals surface area contributed by atoms with Crippen molar-refractivity contribution in [2.24, 2.45) is 0 Å². The predicted octanol–water partition coefficient (Wildman–Crippen LogP) is 3.59. The van der Waals surface area contributed by atoms with Crippen LogP contribution in [-0.4, -0.2) is 53.5 Å². The Hall–Kier alpha value is -2.92. The number of aromatic nitrogens is 1. The summed E-state index contributed by atoms with van der Waals surface area (Å²) in [5.74, 6) is 0.717. The van der Waals surface area contributed by atoms with Gasteiger partial charge in [0.2, 0.25) is 0 Å². The molecule has 0 aliphatic carbocycles. The fraction of sp³-hybridized carbons (Fsp3) is 0.304. The van der Waals surface area contributed by atoms with Crippen LogP contribution in [0.4, 0.5) is 0 Å². The zero-order valence-electron chi connectivity index (χ0n) is 16.2. The summed E-state index contributed by atoms with van der Waals surface area (Å²) in [6.45, 7) is 6.48. The molecule has 1 aliphatic rings. The molecule has 5 heteroatoms. The van der Waals surface area contributed by atoms with Gasteiger partial charge in [-0.25, -0.2) is 0 Å². The van der Waals surface area contributed by atoms with Crippen molar-refractivity contribution in [1.29, 1.82) is 0 Å². The first-order chi connectivity index (χ1) is 13.8. The molecule has 144 valence electrons. The maximum Gasteiger partial charge on any atom is 0.257 e. The van der Waals surface area contributed by atoms with E-state index in [2.05, 4.69) is 34.1 Å². The Morgan fingerprint density at radius 3 is 2.61 bits per heavy atom. The lowest BCUT2D eigenvalue weighted by Gasteiger charge is -2.35. The summed E-state index contributed by atoms with van der Waals surface area (Å²) in [4.78, 5) is 21.8. The van der Waals surface area contributed by atoms with Crippen molar-refractivity contribution in [3.8, 4) is 5.75 Å². The van der Waals surface area contributed by atoms with Crippen LogP contribution in [0.3, 0.4) is 0 Å². The number of para-hydroxylation sites is 2. The number of fused-ring (bicyclic) bond motifs is 1. The molecule has 0 unspecified atom stereocenters. The van der Waals surface area contributed by atoms with Gasteiger partial charge >= 0.3 is 0 Å². The molecule has 0 bridgehead atoms. The van der Waals surface area contributed by atoms with Gasteiger partial charge < -0.3 is 9.64 Å². The zero-order valence-corrected chi connectivity index (χ0v) is 16.2. The average molecular weight is 375 g/mol. The number of piperazine rings is 1. The van der Waals surface area contributed by atoms with Crippen molar-refractivity contribution in [2.45, 2.75) is 13.5 Å². The lowest BCUT2D eigenvalue weighted by atomic mass is 10.1. The number of rotatable bonds is 5. The summed E-state index contributed by atoms with van der Waals surface area (Å²) in [6.07, 6.45) is 1.85. The topological polar surface area (TPSA) is 45.7 Å². The summed E-state index contributed by atoms with van der Waals surface area (Å²) in [7, 11) is 0. The minimum atomic E-state index is 0.0514. The second-order valence-corrected chi connectivity index (χ2v) is 6.99. The molecule has 2 heterocycles. The standard InChI is InChI=1S/C23H25N3O2/c1-2-28-21-11-4-3-10-20(21)23(27)26-15-13-25(14-16-26)17-19-8-5-7-18-9-6-12-24-22(18)19/h3-12H,2,13-17H2,1H3. The highest BCUT2D eigenvalue weighted by Gasteiger charge is 2.24. The molecule has 1 fully saturated rings. The van der Waals surface area contributed by atoms with Gasteiger partial charge in [0.15, 0.2) is 0 Å². The van der Waals surface area contributed by atoms with Crippen LogP contribution in [0, 0.1) is 0 Å². The maximum absolute atomic E-state index is 13.0. The Labute approximate surface area is 165 Å². The molecule has 1 aromatic heterocycles. The van der Waals surface area contributed by atoms with E-state index in [1.165, 1.54) is 10.9 Å². The second-order valence-electron chi connectivity index (χ2n) is 6.99. The van der Waals surface area contributed by atoms with E-state index in [9.17, 15) is 4.79 Å². The highest BCUT2D eigenvalue weighted by atomic mass is 16.5. The lowest BCUT2D eigenvalue weighted by Crippen LogP contribution is -2.48. The largest absolute Gasteiger partial charge is 0.493 e. The number of nitrogens with zero attached hydrogens (tertiary/aromatic N) is 3. The van der Waals surface area contributed by atoms with E-state index in [0.717, 1.165) is 38.2 Å². The Balaban J connectivity index is 1.41. The number of hydrogen-bond donors (Lipinski definition) is 0. The zero-order chi connectivity index (χ0) is 19.3. The van der Waals surface area contributed by atoms with Crippen molar-refractivity contribution in [3.63, 3.8) is 0 Å². The Morgan fingerprint density at radius 1 is 1.00 bits per heavy atom. The summed E-state index contributed by atoms with van der Waals surface area (Å²) in [5.41, 5.74) is 2.95. The number of ether oxygens (including phenoxy) is 1. The number of carbonyl (C=O) groups excluding carboxylic acids is 1. The van der Waals surface area contributed by atoms with Gasteiger partial charge in [-0.15, -0.1) is 0 Å². The van der Waals surface area contributed by atoms with Crippen molar-refractivity contribution in [1.82, 2.24) is 14.8 Å². The van der Waals surface area contributed by atoms with Crippen LogP contribution < -0.4 is 4.74 Å². The van der Waals surface area contributed by atoms with Crippen LogP contribution in [-0.2, 0) is 6.54 Å². The molecule has 0 N–H and O–H groups in total. The van der Waals surface area contributed by atoms with Crippen LogP contribution >= 0.6 is 0 Å². The molecule has 1 saturated heterocycles. The SMILES string of the molecule is CCOc1ccccc1C(=O)N1CCN(Cc2cccc3cccnc23)CC1. The third kappa shape index (κ3) is 3.85. The molecular formula is C23H25N3O2. The Morgan fingerprint density at radius 2 is 1.79 bits per heavy atom. The molecule has 0 atom stereocenters. The fourth-order valence-electron chi connectivity index (χ4n) is 3.74. The first-order valence-corrected chi connectivity index (χ1v) is 9.82. The first-order valence-electron chi connectivity index (χ1n) is 9.82. The van der Waals surface area contributed by atoms with E-state index in [-0.39, 0.29) is 5.91 Å². The molecule has 4 rings (SSSR count). The van der Waals surface area contributed by atoms with Crippen molar-refractivity contribution < 1.29 is 9.53 Å². The molecular weight excluding hydrogens is 350 g/mol. The maximum atomic E-state index is 13.0. The van der Waals surface area contributed by atoms with Crippen LogP contribution in [0.15, 0.2) is 60.8 Å². The summed E-state index contributed by atoms with van der Waals surface area (Å²) < 4.78 is 5.63. The van der Waals surface area contributed by atoms with Crippen LogP contribution in [0.5, 0.6) is 5.75 Å². The molecule has 1 aliphatic heterocycles. The van der Waals surface area contributed by atoms with E-state index in [0.29, 0.717) is 17.9 Å². The summed E-state index contributed by atoms with van der Waals surface area (Å²) in [6, 6.07) is 17.9. The number of carbonyl (C=O) groups is 1. The van der Waals surface area contributed by atoms with Gasteiger partial charge in [0.1, 0.15) is 5.75 Å². The second kappa shape index (κ2) is 8.40. The monoisotopic (exact) mass is 375 g/mol. The molecule has 2 aromatic carbocycles. The van der Waals surface area contributed by atoms with Gasteiger partial charge in [0, 0.05) is 44.3 Å². The number of benzene rings is 2. The van der Waals surface area contributed by atoms with Gasteiger partial charge in [-0.2, -0.15) is 0 Å². The van der Waals surface area contributed by atoms with E-state index in [1.54, 1.807) is 0 Å². The Kier molecular flexibility index (Phi) is 5.53. The van der Waals surface area contributed by atoms with Crippen LogP contribution in [0.25, 0.3) is 10.9 Å². The van der Waals surface area contributed by atoms with Crippen molar-refractivity contribution >= 4 is 16.8 Å². The molecule has 3 aromatic rings. The summed E-state index contributed by atoms with van der Waals surface area (Å²) >= 11 is 0. The highest BCUT2D eigenvalue weighted by Crippen LogP contribution is 2.22. The van der Waals surface area contributed by atoms with E-state index < -0.39 is 0 Å². The molecule has 0 radical (unpaired) electrons. The van der Waals surface area contributed by atoms with Crippen molar-refractivity contribution in [2.75, 3.05) is 32.8 Å². The third-order valence-corrected chi connectivity index (χ3v) is 5.19. The minimum absolute atomic E-state index is 0.0514. The van der Waals surface area contributed by atoms with E-state index in [4.69, 9.17) is 4.74 Å². The highest BCUT2D eigenvalue weighted by molar-refractivity contribution is 5.97. The average Bonchev–Trinajstić information content (AvgIpc) is 2.75. The van der Waals surface area contributed by atoms with Crippen LogP contribution in [0.2, 0.25) is 0 Å². The number of amides is 1. The summed E-state index contributed by atoms with van der Waals surface area (Å²) in [5, 5.41) is 1.17. The quantitative estimate of drug-likeness (QED) is 0.684. The van der Waals surface area contributed by atoms with Gasteiger partial charge in [-0.05, 0) is 30.7 Å². The predicted molar refractivity (Wildman–Crippen MR) is 111 cm³/mol. The minimum Gasteiger partial charge on any atom is -0.493 e. The first kappa shape index (κ1) is 18.4. The number of pyridine rings is 1. The van der Waals surface area contributed by atoms with Crippen molar-refractivity contribution in [3.05, 3.63) is 71.9 Å². The van der Waals surface area contributed by atoms with Gasteiger partial charge in [-0.3, -0.25) is 14.7 Å². The molecule has 1 amide bonds. The Bertz CT molecular complexity index is 959. The molecule has 0 spiro atoms. The number of hydrogen-bond acceptors (Lipinski definition) is 4. The van der Waals surface area contributed by atoms with Crippen LogP contribution in [0.1, 0.15) is 22.8 Å². The van der Waals surface area contributed by atoms with Gasteiger partial charge in [-0.1, -0.05) is 36.4 Å². The van der Waals surface area contributed by atoms with Gasteiger partial charge in [0.25, 0.3) is 5.91 Å². The van der Waals surface area contributed by atoms with E-state index >= 15 is 0 Å². The fourth-order valence-corrected chi connectivity index (χ4v) is 3.74. The third-order valence-electron chi connectivity index (χ3n) is 5.19. The van der Waals surface area contributed by atoms with Gasteiger partial charge in [0.05, 0.1) is 17.7 Å². The molecule has 5 nitrogen and oxygen atoms in total. The lowest BCUT2D eigenvalue weighted by molar-refractivity contribution is 0.0625. The molecule has 28 heavy (non-hydrogen) atoms. The van der Waals surface area contributed by atoms with E-state index in [1.807, 2.05) is 48.4 Å². The normalized spacial score (nSPS) is 15.0.